The molecule has 0 radical (unpaired) electrons. The number of carbonyl (C=O) groups excluding carboxylic acids is 1. The molecule has 0 aliphatic carbocycles. The van der Waals surface area contributed by atoms with E-state index in [0.717, 1.165) is 6.42 Å². The average Bonchev–Trinajstić information content (AvgIpc) is 2.93. The molecular formula is C14H16N2O3. The van der Waals surface area contributed by atoms with Crippen LogP contribution in [0.3, 0.4) is 0 Å². The van der Waals surface area contributed by atoms with Crippen molar-refractivity contribution in [1.29, 1.82) is 0 Å². The number of aliphatic hydroxyl groups is 2. The summed E-state index contributed by atoms with van der Waals surface area (Å²) in [5.41, 5.74) is 1.02. The number of amides is 1. The molecule has 1 aliphatic rings. The molecule has 1 aromatic rings. The largest absolute Gasteiger partial charge is 0.396 e. The molecule has 1 fully saturated rings. The summed E-state index contributed by atoms with van der Waals surface area (Å²) >= 11 is 0. The Morgan fingerprint density at radius 3 is 3.05 bits per heavy atom. The Balaban J connectivity index is 2.20. The van der Waals surface area contributed by atoms with Crippen molar-refractivity contribution in [2.45, 2.75) is 6.42 Å². The molecule has 1 aromatic heterocycles. The number of aliphatic hydroxyl groups excluding tert-OH is 2. The topological polar surface area (TPSA) is 73.7 Å². The summed E-state index contributed by atoms with van der Waals surface area (Å²) in [6, 6.07) is 1.63. The van der Waals surface area contributed by atoms with E-state index in [0.29, 0.717) is 24.2 Å². The van der Waals surface area contributed by atoms with Gasteiger partial charge in [-0.1, -0.05) is 11.8 Å². The molecule has 5 nitrogen and oxygen atoms in total. The highest BCUT2D eigenvalue weighted by Gasteiger charge is 2.27. The minimum atomic E-state index is -0.251. The molecule has 0 bridgehead atoms. The Hall–Kier alpha value is -1.90. The first-order valence-corrected chi connectivity index (χ1v) is 6.20. The van der Waals surface area contributed by atoms with E-state index in [2.05, 4.69) is 16.8 Å². The first-order chi connectivity index (χ1) is 9.26. The highest BCUT2D eigenvalue weighted by Crippen LogP contribution is 2.19. The van der Waals surface area contributed by atoms with Crippen molar-refractivity contribution in [3.05, 3.63) is 29.6 Å². The Kier molecular flexibility index (Phi) is 4.50. The van der Waals surface area contributed by atoms with Crippen LogP contribution in [-0.4, -0.2) is 52.3 Å². The zero-order valence-electron chi connectivity index (χ0n) is 10.5. The van der Waals surface area contributed by atoms with E-state index < -0.39 is 0 Å². The van der Waals surface area contributed by atoms with Crippen molar-refractivity contribution >= 4 is 5.91 Å². The van der Waals surface area contributed by atoms with Gasteiger partial charge in [0, 0.05) is 38.0 Å². The molecule has 19 heavy (non-hydrogen) atoms. The van der Waals surface area contributed by atoms with Gasteiger partial charge in [0.25, 0.3) is 5.91 Å². The monoisotopic (exact) mass is 260 g/mol. The van der Waals surface area contributed by atoms with Crippen molar-refractivity contribution in [3.63, 3.8) is 0 Å². The number of hydrogen-bond acceptors (Lipinski definition) is 4. The van der Waals surface area contributed by atoms with Crippen molar-refractivity contribution in [3.8, 4) is 11.8 Å². The van der Waals surface area contributed by atoms with Crippen molar-refractivity contribution in [2.75, 3.05) is 26.3 Å². The van der Waals surface area contributed by atoms with Gasteiger partial charge in [-0.25, -0.2) is 0 Å². The third kappa shape index (κ3) is 3.11. The van der Waals surface area contributed by atoms with Crippen molar-refractivity contribution < 1.29 is 15.0 Å². The second-order valence-corrected chi connectivity index (χ2v) is 4.47. The molecule has 5 heteroatoms. The zero-order valence-corrected chi connectivity index (χ0v) is 10.5. The number of rotatable bonds is 2. The first-order valence-electron chi connectivity index (χ1n) is 6.20. The lowest BCUT2D eigenvalue weighted by atomic mass is 10.1. The van der Waals surface area contributed by atoms with Crippen LogP contribution in [0.1, 0.15) is 22.3 Å². The summed E-state index contributed by atoms with van der Waals surface area (Å²) in [4.78, 5) is 18.0. The number of carbonyl (C=O) groups is 1. The van der Waals surface area contributed by atoms with Gasteiger partial charge in [-0.2, -0.15) is 0 Å². The minimum Gasteiger partial charge on any atom is -0.396 e. The van der Waals surface area contributed by atoms with Gasteiger partial charge in [-0.05, 0) is 12.5 Å². The Bertz CT molecular complexity index is 519. The zero-order chi connectivity index (χ0) is 13.7. The van der Waals surface area contributed by atoms with E-state index in [4.69, 9.17) is 10.2 Å². The Labute approximate surface area is 111 Å². The Morgan fingerprint density at radius 2 is 2.37 bits per heavy atom. The van der Waals surface area contributed by atoms with Crippen LogP contribution in [0.2, 0.25) is 0 Å². The molecule has 2 heterocycles. The summed E-state index contributed by atoms with van der Waals surface area (Å²) in [5, 5.41) is 17.8. The number of nitrogens with zero attached hydrogens (tertiary/aromatic N) is 2. The van der Waals surface area contributed by atoms with Gasteiger partial charge < -0.3 is 15.1 Å². The van der Waals surface area contributed by atoms with Gasteiger partial charge in [-0.3, -0.25) is 9.78 Å². The lowest BCUT2D eigenvalue weighted by Crippen LogP contribution is -2.29. The van der Waals surface area contributed by atoms with E-state index in [1.807, 2.05) is 0 Å². The number of pyridine rings is 1. The standard InChI is InChI=1S/C14H16N2O3/c17-7-1-2-12-8-15-5-3-13(12)14(19)16-6-4-11(9-16)10-18/h3,5,8,11,17-18H,4,6-7,9-10H2. The molecular weight excluding hydrogens is 244 g/mol. The molecule has 0 spiro atoms. The maximum absolute atomic E-state index is 12.4. The fourth-order valence-corrected chi connectivity index (χ4v) is 2.15. The quantitative estimate of drug-likeness (QED) is 0.727. The van der Waals surface area contributed by atoms with Crippen LogP contribution in [0.5, 0.6) is 0 Å². The van der Waals surface area contributed by atoms with Crippen LogP contribution in [0.15, 0.2) is 18.5 Å². The number of aromatic nitrogens is 1. The van der Waals surface area contributed by atoms with Gasteiger partial charge in [0.2, 0.25) is 0 Å². The number of likely N-dealkylation sites (tertiary alicyclic amines) is 1. The van der Waals surface area contributed by atoms with Crippen LogP contribution >= 0.6 is 0 Å². The van der Waals surface area contributed by atoms with Crippen LogP contribution in [0.4, 0.5) is 0 Å². The summed E-state index contributed by atoms with van der Waals surface area (Å²) in [6.45, 7) is 1.08. The maximum Gasteiger partial charge on any atom is 0.255 e. The van der Waals surface area contributed by atoms with E-state index in [9.17, 15) is 4.79 Å². The molecule has 1 aliphatic heterocycles. The summed E-state index contributed by atoms with van der Waals surface area (Å²) in [7, 11) is 0. The fourth-order valence-electron chi connectivity index (χ4n) is 2.15. The second-order valence-electron chi connectivity index (χ2n) is 4.47. The molecule has 100 valence electrons. The highest BCUT2D eigenvalue weighted by molar-refractivity contribution is 5.96. The van der Waals surface area contributed by atoms with E-state index in [1.165, 1.54) is 6.20 Å². The van der Waals surface area contributed by atoms with Crippen LogP contribution in [-0.2, 0) is 0 Å². The SMILES string of the molecule is O=C(c1ccncc1C#CCO)N1CCC(CO)C1. The average molecular weight is 260 g/mol. The summed E-state index contributed by atoms with van der Waals surface area (Å²) in [5.74, 6) is 5.33. The molecule has 2 N–H and O–H groups in total. The smallest absolute Gasteiger partial charge is 0.255 e. The molecule has 1 amide bonds. The molecule has 1 saturated heterocycles. The van der Waals surface area contributed by atoms with Crippen LogP contribution < -0.4 is 0 Å². The number of hydrogen-bond donors (Lipinski definition) is 2. The normalized spacial score (nSPS) is 18.0. The molecule has 1 unspecified atom stereocenters. The lowest BCUT2D eigenvalue weighted by molar-refractivity contribution is 0.0781. The van der Waals surface area contributed by atoms with E-state index >= 15 is 0 Å². The molecule has 0 aromatic carbocycles. The van der Waals surface area contributed by atoms with Crippen LogP contribution in [0, 0.1) is 17.8 Å². The van der Waals surface area contributed by atoms with Gasteiger partial charge in [0.1, 0.15) is 6.61 Å². The first kappa shape index (κ1) is 13.5. The minimum absolute atomic E-state index is 0.0967. The predicted molar refractivity (Wildman–Crippen MR) is 69.3 cm³/mol. The third-order valence-electron chi connectivity index (χ3n) is 3.18. The second kappa shape index (κ2) is 6.32. The van der Waals surface area contributed by atoms with E-state index in [-0.39, 0.29) is 25.0 Å². The summed E-state index contributed by atoms with van der Waals surface area (Å²) < 4.78 is 0. The van der Waals surface area contributed by atoms with Gasteiger partial charge in [0.05, 0.1) is 11.1 Å². The molecule has 0 saturated carbocycles. The molecule has 2 rings (SSSR count). The maximum atomic E-state index is 12.4. The highest BCUT2D eigenvalue weighted by atomic mass is 16.3. The van der Waals surface area contributed by atoms with Gasteiger partial charge >= 0.3 is 0 Å². The lowest BCUT2D eigenvalue weighted by Gasteiger charge is -2.16. The van der Waals surface area contributed by atoms with Crippen molar-refractivity contribution in [2.24, 2.45) is 5.92 Å². The molecule has 1 atom stereocenters. The third-order valence-corrected chi connectivity index (χ3v) is 3.18. The predicted octanol–water partition coefficient (Wildman–Crippen LogP) is -0.120. The van der Waals surface area contributed by atoms with E-state index in [1.54, 1.807) is 17.2 Å². The van der Waals surface area contributed by atoms with Gasteiger partial charge in [0.15, 0.2) is 0 Å². The summed E-state index contributed by atoms with van der Waals surface area (Å²) in [6.07, 6.45) is 3.90. The Morgan fingerprint density at radius 1 is 1.53 bits per heavy atom. The fraction of sp³-hybridized carbons (Fsp3) is 0.429. The van der Waals surface area contributed by atoms with Gasteiger partial charge in [-0.15, -0.1) is 0 Å². The van der Waals surface area contributed by atoms with Crippen LogP contribution in [0.25, 0.3) is 0 Å². The van der Waals surface area contributed by atoms with Crippen molar-refractivity contribution in [1.82, 2.24) is 9.88 Å².